The highest BCUT2D eigenvalue weighted by Gasteiger charge is 2.42. The number of halogens is 6. The summed E-state index contributed by atoms with van der Waals surface area (Å²) in [5.74, 6) is -8.08. The van der Waals surface area contributed by atoms with Crippen LogP contribution < -0.4 is 0 Å². The first-order valence-corrected chi connectivity index (χ1v) is 3.85. The summed E-state index contributed by atoms with van der Waals surface area (Å²) in [6, 6.07) is 0. The third-order valence-corrected chi connectivity index (χ3v) is 1.20. The first kappa shape index (κ1) is 14.8. The summed E-state index contributed by atoms with van der Waals surface area (Å²) in [6.07, 6.45) is -9.10. The van der Waals surface area contributed by atoms with Gasteiger partial charge in [0.25, 0.3) is 0 Å². The van der Waals surface area contributed by atoms with Crippen molar-refractivity contribution in [1.82, 2.24) is 0 Å². The fourth-order valence-corrected chi connectivity index (χ4v) is 0.404. The van der Waals surface area contributed by atoms with E-state index in [0.29, 0.717) is 0 Å². The third kappa shape index (κ3) is 5.08. The molecule has 0 rings (SSSR count). The number of ether oxygens (including phenoxy) is 2. The van der Waals surface area contributed by atoms with Gasteiger partial charge in [0.15, 0.2) is 0 Å². The van der Waals surface area contributed by atoms with E-state index in [1.807, 2.05) is 0 Å². The molecule has 0 amide bonds. The number of alkyl halides is 6. The molecule has 96 valence electrons. The molecule has 0 bridgehead atoms. The Morgan fingerprint density at radius 1 is 0.938 bits per heavy atom. The molecule has 0 spiro atoms. The van der Waals surface area contributed by atoms with E-state index in [9.17, 15) is 31.1 Å². The summed E-state index contributed by atoms with van der Waals surface area (Å²) in [4.78, 5) is 10.4. The van der Waals surface area contributed by atoms with E-state index in [2.05, 4.69) is 9.47 Å². The Bertz CT molecular complexity index is 221. The molecule has 2 unspecified atom stereocenters. The standard InChI is InChI=1S/C7H8F6O3/c1-6(10,11)3(8)15-5(14)16-4(9)7(2,12)13/h3-4H,1-2H3. The molecule has 2 atom stereocenters. The van der Waals surface area contributed by atoms with Crippen molar-refractivity contribution in [2.45, 2.75) is 38.4 Å². The molecule has 0 aromatic heterocycles. The molecule has 0 saturated carbocycles. The molecule has 0 aliphatic rings. The Morgan fingerprint density at radius 3 is 1.38 bits per heavy atom. The zero-order chi connectivity index (χ0) is 13.1. The Morgan fingerprint density at radius 2 is 1.19 bits per heavy atom. The maximum absolute atomic E-state index is 12.3. The molecule has 16 heavy (non-hydrogen) atoms. The Hall–Kier alpha value is -1.15. The van der Waals surface area contributed by atoms with Crippen molar-refractivity contribution >= 4 is 6.16 Å². The lowest BCUT2D eigenvalue weighted by atomic mass is 10.4. The molecule has 3 nitrogen and oxygen atoms in total. The van der Waals surface area contributed by atoms with Gasteiger partial charge in [-0.3, -0.25) is 0 Å². The average molecular weight is 254 g/mol. The summed E-state index contributed by atoms with van der Waals surface area (Å²) in [6.45, 7) is 0.151. The maximum atomic E-state index is 12.3. The minimum atomic E-state index is -4.04. The lowest BCUT2D eigenvalue weighted by Gasteiger charge is -2.19. The minimum Gasteiger partial charge on any atom is -0.393 e. The van der Waals surface area contributed by atoms with Gasteiger partial charge < -0.3 is 9.47 Å². The smallest absolute Gasteiger partial charge is 0.393 e. The maximum Gasteiger partial charge on any atom is 0.513 e. The third-order valence-electron chi connectivity index (χ3n) is 1.20. The van der Waals surface area contributed by atoms with Gasteiger partial charge in [-0.15, -0.1) is 0 Å². The van der Waals surface area contributed by atoms with Gasteiger partial charge in [-0.2, -0.15) is 26.3 Å². The second-order valence-electron chi connectivity index (χ2n) is 3.03. The molecule has 0 aromatic rings. The fourth-order valence-electron chi connectivity index (χ4n) is 0.404. The molecule has 0 N–H and O–H groups in total. The molecule has 0 radical (unpaired) electrons. The van der Waals surface area contributed by atoms with Crippen molar-refractivity contribution in [3.63, 3.8) is 0 Å². The van der Waals surface area contributed by atoms with Crippen LogP contribution in [0.25, 0.3) is 0 Å². The molecule has 0 aromatic carbocycles. The summed E-state index contributed by atoms with van der Waals surface area (Å²) in [5, 5.41) is 0. The zero-order valence-corrected chi connectivity index (χ0v) is 8.15. The molecule has 0 saturated heterocycles. The van der Waals surface area contributed by atoms with Crippen molar-refractivity contribution in [2.24, 2.45) is 0 Å². The number of hydrogen-bond donors (Lipinski definition) is 0. The molecule has 0 aliphatic heterocycles. The predicted molar refractivity (Wildman–Crippen MR) is 38.6 cm³/mol. The van der Waals surface area contributed by atoms with Crippen molar-refractivity contribution in [2.75, 3.05) is 0 Å². The van der Waals surface area contributed by atoms with E-state index in [1.54, 1.807) is 0 Å². The summed E-state index contributed by atoms with van der Waals surface area (Å²) in [5.41, 5.74) is 0. The van der Waals surface area contributed by atoms with Gasteiger partial charge in [0.1, 0.15) is 0 Å². The molecular formula is C7H8F6O3. The lowest BCUT2D eigenvalue weighted by Crippen LogP contribution is -2.35. The zero-order valence-electron chi connectivity index (χ0n) is 8.15. The first-order valence-electron chi connectivity index (χ1n) is 3.85. The van der Waals surface area contributed by atoms with Crippen LogP contribution in [0.5, 0.6) is 0 Å². The number of hydrogen-bond acceptors (Lipinski definition) is 3. The Labute approximate surface area is 86.3 Å². The Kier molecular flexibility index (Phi) is 4.45. The van der Waals surface area contributed by atoms with Crippen molar-refractivity contribution in [3.05, 3.63) is 0 Å². The number of rotatable bonds is 4. The van der Waals surface area contributed by atoms with Gasteiger partial charge in [0, 0.05) is 13.8 Å². The summed E-state index contributed by atoms with van der Waals surface area (Å²) < 4.78 is 79.5. The topological polar surface area (TPSA) is 35.5 Å². The van der Waals surface area contributed by atoms with E-state index >= 15 is 0 Å². The number of carbonyl (C=O) groups excluding carboxylic acids is 1. The van der Waals surface area contributed by atoms with Crippen LogP contribution in [0.3, 0.4) is 0 Å². The van der Waals surface area contributed by atoms with E-state index in [1.165, 1.54) is 0 Å². The quantitative estimate of drug-likeness (QED) is 0.571. The fraction of sp³-hybridized carbons (Fsp3) is 0.857. The van der Waals surface area contributed by atoms with Gasteiger partial charge in [-0.25, -0.2) is 4.79 Å². The van der Waals surface area contributed by atoms with Crippen molar-refractivity contribution in [1.29, 1.82) is 0 Å². The highest BCUT2D eigenvalue weighted by atomic mass is 19.3. The molecule has 9 heteroatoms. The molecular weight excluding hydrogens is 246 g/mol. The lowest BCUT2D eigenvalue weighted by molar-refractivity contribution is -0.201. The molecule has 0 aliphatic carbocycles. The van der Waals surface area contributed by atoms with Crippen LogP contribution in [0, 0.1) is 0 Å². The van der Waals surface area contributed by atoms with Crippen LogP contribution >= 0.6 is 0 Å². The average Bonchev–Trinajstić information content (AvgIpc) is 1.99. The van der Waals surface area contributed by atoms with Crippen molar-refractivity contribution in [3.8, 4) is 0 Å². The highest BCUT2D eigenvalue weighted by molar-refractivity contribution is 5.60. The van der Waals surface area contributed by atoms with Gasteiger partial charge in [-0.05, 0) is 0 Å². The second kappa shape index (κ2) is 4.79. The van der Waals surface area contributed by atoms with E-state index in [0.717, 1.165) is 0 Å². The van der Waals surface area contributed by atoms with E-state index < -0.39 is 30.7 Å². The highest BCUT2D eigenvalue weighted by Crippen LogP contribution is 2.24. The van der Waals surface area contributed by atoms with Crippen LogP contribution in [0.2, 0.25) is 0 Å². The SMILES string of the molecule is CC(F)(F)C(F)OC(=O)OC(F)C(C)(F)F. The monoisotopic (exact) mass is 254 g/mol. The largest absolute Gasteiger partial charge is 0.513 e. The van der Waals surface area contributed by atoms with Gasteiger partial charge in [0.2, 0.25) is 0 Å². The van der Waals surface area contributed by atoms with Crippen molar-refractivity contribution < 1.29 is 40.6 Å². The van der Waals surface area contributed by atoms with Gasteiger partial charge in [-0.1, -0.05) is 0 Å². The van der Waals surface area contributed by atoms with Crippen LogP contribution in [0.4, 0.5) is 31.1 Å². The molecule has 0 fully saturated rings. The number of carbonyl (C=O) groups is 1. The minimum absolute atomic E-state index is 0.0757. The van der Waals surface area contributed by atoms with Gasteiger partial charge >= 0.3 is 30.7 Å². The first-order chi connectivity index (χ1) is 6.94. The van der Waals surface area contributed by atoms with Crippen LogP contribution in [0.1, 0.15) is 13.8 Å². The Balaban J connectivity index is 4.21. The predicted octanol–water partition coefficient (Wildman–Crippen LogP) is 3.04. The normalized spacial score (nSPS) is 16.5. The van der Waals surface area contributed by atoms with Crippen LogP contribution in [-0.4, -0.2) is 30.7 Å². The summed E-state index contributed by atoms with van der Waals surface area (Å²) >= 11 is 0. The van der Waals surface area contributed by atoms with Crippen LogP contribution in [-0.2, 0) is 9.47 Å². The van der Waals surface area contributed by atoms with Gasteiger partial charge in [0.05, 0.1) is 0 Å². The summed E-state index contributed by atoms with van der Waals surface area (Å²) in [7, 11) is 0. The second-order valence-corrected chi connectivity index (χ2v) is 3.03. The van der Waals surface area contributed by atoms with E-state index in [-0.39, 0.29) is 13.8 Å². The van der Waals surface area contributed by atoms with E-state index in [4.69, 9.17) is 0 Å². The molecule has 0 heterocycles. The van der Waals surface area contributed by atoms with Crippen LogP contribution in [0.15, 0.2) is 0 Å².